The highest BCUT2D eigenvalue weighted by atomic mass is 16.4. The van der Waals surface area contributed by atoms with Crippen LogP contribution in [0.25, 0.3) is 0 Å². The highest BCUT2D eigenvalue weighted by Crippen LogP contribution is 2.25. The van der Waals surface area contributed by atoms with Gasteiger partial charge in [0.15, 0.2) is 0 Å². The first-order valence-corrected chi connectivity index (χ1v) is 8.05. The van der Waals surface area contributed by atoms with Crippen LogP contribution in [-0.2, 0) is 9.59 Å². The smallest absolute Gasteiger partial charge is 0.326 e. The van der Waals surface area contributed by atoms with Gasteiger partial charge in [-0.05, 0) is 24.5 Å². The minimum Gasteiger partial charge on any atom is -0.480 e. The fraction of sp³-hybridized carbons (Fsp3) is 0.250. The SMILES string of the molecule is C[C@H](C#N)C[C@H](NC(=O)C(c1ccccc1)c1ccccc1)C(=O)O. The van der Waals surface area contributed by atoms with E-state index in [0.29, 0.717) is 0 Å². The Morgan fingerprint density at radius 3 is 1.92 bits per heavy atom. The molecule has 0 saturated heterocycles. The predicted molar refractivity (Wildman–Crippen MR) is 93.7 cm³/mol. The second-order valence-corrected chi connectivity index (χ2v) is 5.92. The van der Waals surface area contributed by atoms with Crippen molar-refractivity contribution in [3.8, 4) is 6.07 Å². The zero-order valence-corrected chi connectivity index (χ0v) is 13.9. The molecule has 25 heavy (non-hydrogen) atoms. The fourth-order valence-electron chi connectivity index (χ4n) is 2.67. The number of nitrogens with one attached hydrogen (secondary N) is 1. The molecule has 2 atom stereocenters. The number of hydrogen-bond donors (Lipinski definition) is 2. The topological polar surface area (TPSA) is 90.2 Å². The van der Waals surface area contributed by atoms with Crippen molar-refractivity contribution >= 4 is 11.9 Å². The van der Waals surface area contributed by atoms with E-state index in [4.69, 9.17) is 5.26 Å². The lowest BCUT2D eigenvalue weighted by atomic mass is 9.90. The average molecular weight is 336 g/mol. The first-order valence-electron chi connectivity index (χ1n) is 8.05. The summed E-state index contributed by atoms with van der Waals surface area (Å²) in [5, 5.41) is 20.9. The Bertz CT molecular complexity index is 714. The summed E-state index contributed by atoms with van der Waals surface area (Å²) in [6.45, 7) is 1.63. The van der Waals surface area contributed by atoms with Crippen molar-refractivity contribution in [1.29, 1.82) is 5.26 Å². The second-order valence-electron chi connectivity index (χ2n) is 5.92. The fourth-order valence-corrected chi connectivity index (χ4v) is 2.67. The lowest BCUT2D eigenvalue weighted by molar-refractivity contribution is -0.142. The molecule has 0 aliphatic carbocycles. The van der Waals surface area contributed by atoms with Crippen LogP contribution in [0.4, 0.5) is 0 Å². The first-order chi connectivity index (χ1) is 12.0. The van der Waals surface area contributed by atoms with Crippen molar-refractivity contribution in [2.45, 2.75) is 25.3 Å². The molecule has 0 unspecified atom stereocenters. The summed E-state index contributed by atoms with van der Waals surface area (Å²) >= 11 is 0. The molecule has 0 radical (unpaired) electrons. The molecule has 2 rings (SSSR count). The summed E-state index contributed by atoms with van der Waals surface area (Å²) in [7, 11) is 0. The third-order valence-corrected chi connectivity index (χ3v) is 3.95. The molecule has 0 spiro atoms. The molecule has 2 N–H and O–H groups in total. The number of nitriles is 1. The number of hydrogen-bond acceptors (Lipinski definition) is 3. The van der Waals surface area contributed by atoms with Crippen molar-refractivity contribution in [3.05, 3.63) is 71.8 Å². The molecule has 0 aromatic heterocycles. The molecule has 0 aliphatic heterocycles. The van der Waals surface area contributed by atoms with Gasteiger partial charge in [-0.15, -0.1) is 0 Å². The van der Waals surface area contributed by atoms with Crippen molar-refractivity contribution in [1.82, 2.24) is 5.32 Å². The van der Waals surface area contributed by atoms with Crippen LogP contribution in [0.2, 0.25) is 0 Å². The maximum absolute atomic E-state index is 12.9. The Balaban J connectivity index is 2.29. The summed E-state index contributed by atoms with van der Waals surface area (Å²) in [5.74, 6) is -2.61. The van der Waals surface area contributed by atoms with Gasteiger partial charge in [0.25, 0.3) is 0 Å². The number of carbonyl (C=O) groups excluding carboxylic acids is 1. The van der Waals surface area contributed by atoms with E-state index >= 15 is 0 Å². The number of aliphatic carboxylic acids is 1. The highest BCUT2D eigenvalue weighted by Gasteiger charge is 2.28. The first kappa shape index (κ1) is 18.2. The van der Waals surface area contributed by atoms with Gasteiger partial charge >= 0.3 is 5.97 Å². The monoisotopic (exact) mass is 336 g/mol. The van der Waals surface area contributed by atoms with Crippen LogP contribution < -0.4 is 5.32 Å². The van der Waals surface area contributed by atoms with Crippen LogP contribution >= 0.6 is 0 Å². The zero-order chi connectivity index (χ0) is 18.2. The van der Waals surface area contributed by atoms with E-state index in [1.165, 1.54) is 0 Å². The highest BCUT2D eigenvalue weighted by molar-refractivity contribution is 5.90. The Morgan fingerprint density at radius 2 is 1.52 bits per heavy atom. The number of carboxylic acids is 1. The molecule has 0 fully saturated rings. The van der Waals surface area contributed by atoms with Gasteiger partial charge in [0.1, 0.15) is 6.04 Å². The largest absolute Gasteiger partial charge is 0.480 e. The van der Waals surface area contributed by atoms with Gasteiger partial charge in [-0.1, -0.05) is 60.7 Å². The number of amides is 1. The van der Waals surface area contributed by atoms with E-state index in [0.717, 1.165) is 11.1 Å². The summed E-state index contributed by atoms with van der Waals surface area (Å²) in [4.78, 5) is 24.3. The molecular formula is C20H20N2O3. The zero-order valence-electron chi connectivity index (χ0n) is 13.9. The second kappa shape index (κ2) is 8.65. The summed E-state index contributed by atoms with van der Waals surface area (Å²) in [6.07, 6.45) is 0.0634. The predicted octanol–water partition coefficient (Wildman–Crippen LogP) is 2.94. The van der Waals surface area contributed by atoms with Crippen LogP contribution in [0, 0.1) is 17.2 Å². The normalized spacial score (nSPS) is 12.8. The molecule has 0 aliphatic rings. The van der Waals surface area contributed by atoms with E-state index < -0.39 is 29.8 Å². The van der Waals surface area contributed by atoms with Gasteiger partial charge in [-0.25, -0.2) is 4.79 Å². The van der Waals surface area contributed by atoms with Gasteiger partial charge in [0.2, 0.25) is 5.91 Å². The maximum Gasteiger partial charge on any atom is 0.326 e. The number of carboxylic acid groups (broad SMARTS) is 1. The molecule has 0 saturated carbocycles. The molecule has 5 heteroatoms. The molecule has 2 aromatic rings. The minimum atomic E-state index is -1.14. The van der Waals surface area contributed by atoms with Crippen LogP contribution in [-0.4, -0.2) is 23.0 Å². The van der Waals surface area contributed by atoms with Gasteiger partial charge in [0, 0.05) is 5.92 Å². The molecule has 128 valence electrons. The van der Waals surface area contributed by atoms with Crippen LogP contribution in [0.3, 0.4) is 0 Å². The lowest BCUT2D eigenvalue weighted by Gasteiger charge is -2.21. The number of rotatable bonds is 7. The summed E-state index contributed by atoms with van der Waals surface area (Å²) in [5.41, 5.74) is 1.56. The van der Waals surface area contributed by atoms with Gasteiger partial charge in [0.05, 0.1) is 12.0 Å². The summed E-state index contributed by atoms with van der Waals surface area (Å²) in [6, 6.07) is 19.3. The minimum absolute atomic E-state index is 0.0634. The Morgan fingerprint density at radius 1 is 1.04 bits per heavy atom. The summed E-state index contributed by atoms with van der Waals surface area (Å²) < 4.78 is 0. The molecular weight excluding hydrogens is 316 g/mol. The van der Waals surface area contributed by atoms with Gasteiger partial charge in [-0.2, -0.15) is 5.26 Å². The Hall–Kier alpha value is -3.13. The molecule has 1 amide bonds. The van der Waals surface area contributed by atoms with E-state index in [1.807, 2.05) is 66.7 Å². The van der Waals surface area contributed by atoms with E-state index in [1.54, 1.807) is 6.92 Å². The molecule has 5 nitrogen and oxygen atoms in total. The lowest BCUT2D eigenvalue weighted by Crippen LogP contribution is -2.44. The van der Waals surface area contributed by atoms with Crippen molar-refractivity contribution in [2.24, 2.45) is 5.92 Å². The molecule has 2 aromatic carbocycles. The van der Waals surface area contributed by atoms with Gasteiger partial charge in [-0.3, -0.25) is 4.79 Å². The number of carbonyl (C=O) groups is 2. The van der Waals surface area contributed by atoms with E-state index in [-0.39, 0.29) is 6.42 Å². The Kier molecular flexibility index (Phi) is 6.30. The maximum atomic E-state index is 12.9. The van der Waals surface area contributed by atoms with Crippen molar-refractivity contribution in [2.75, 3.05) is 0 Å². The average Bonchev–Trinajstić information content (AvgIpc) is 2.63. The van der Waals surface area contributed by atoms with E-state index in [9.17, 15) is 14.7 Å². The van der Waals surface area contributed by atoms with Crippen molar-refractivity contribution < 1.29 is 14.7 Å². The van der Waals surface area contributed by atoms with Crippen LogP contribution in [0.5, 0.6) is 0 Å². The van der Waals surface area contributed by atoms with Gasteiger partial charge < -0.3 is 10.4 Å². The molecule has 0 heterocycles. The molecule has 0 bridgehead atoms. The van der Waals surface area contributed by atoms with Crippen LogP contribution in [0.1, 0.15) is 30.4 Å². The number of nitrogens with zero attached hydrogens (tertiary/aromatic N) is 1. The third kappa shape index (κ3) is 4.92. The third-order valence-electron chi connectivity index (χ3n) is 3.95. The standard InChI is InChI=1S/C20H20N2O3/c1-14(13-21)12-17(20(24)25)22-19(23)18(15-8-4-2-5-9-15)16-10-6-3-7-11-16/h2-11,14,17-18H,12H2,1H3,(H,22,23)(H,24,25)/t14-,17-/m0/s1. The van der Waals surface area contributed by atoms with Crippen molar-refractivity contribution in [3.63, 3.8) is 0 Å². The van der Waals surface area contributed by atoms with Crippen LogP contribution in [0.15, 0.2) is 60.7 Å². The quantitative estimate of drug-likeness (QED) is 0.813. The van der Waals surface area contributed by atoms with E-state index in [2.05, 4.69) is 5.32 Å². The Labute approximate surface area is 146 Å². The number of benzene rings is 2.